The molecule has 6 nitrogen and oxygen atoms in total. The number of fused-ring (bicyclic) bond motifs is 7. The van der Waals surface area contributed by atoms with Crippen LogP contribution in [-0.2, 0) is 0 Å². The maximum atomic E-state index is 15.4. The molecule has 36 heavy (non-hydrogen) atoms. The molecule has 0 amide bonds. The Morgan fingerprint density at radius 2 is 1.19 bits per heavy atom. The van der Waals surface area contributed by atoms with Crippen LogP contribution < -0.4 is 8.45 Å². The summed E-state index contributed by atoms with van der Waals surface area (Å²) in [7, 11) is 0. The number of halogens is 6. The van der Waals surface area contributed by atoms with E-state index in [4.69, 9.17) is 22.4 Å². The van der Waals surface area contributed by atoms with Gasteiger partial charge in [0.2, 0.25) is 0 Å². The molecule has 3 aromatic carbocycles. The molecule has 0 N–H and O–H groups in total. The Morgan fingerprint density at radius 1 is 0.639 bits per heavy atom. The molecule has 0 atom stereocenters. The van der Waals surface area contributed by atoms with Gasteiger partial charge in [-0.1, -0.05) is 0 Å². The monoisotopic (exact) mass is 622 g/mol. The van der Waals surface area contributed by atoms with Crippen molar-refractivity contribution in [3.8, 4) is 18.2 Å². The Bertz CT molecular complexity index is 2140. The van der Waals surface area contributed by atoms with Gasteiger partial charge in [0.25, 0.3) is 0 Å². The van der Waals surface area contributed by atoms with Gasteiger partial charge in [-0.3, -0.25) is 0 Å². The van der Waals surface area contributed by atoms with E-state index in [-0.39, 0.29) is 12.7 Å². The maximum absolute atomic E-state index is 15.4. The summed E-state index contributed by atoms with van der Waals surface area (Å²) in [5, 5.41) is 23.5. The number of hydrogen-bond donors (Lipinski definition) is 0. The number of nitriles is 3. The molecule has 0 aliphatic heterocycles. The topological polar surface area (TPSA) is 102 Å². The fraction of sp³-hybridized carbons (Fsp3) is 0. The van der Waals surface area contributed by atoms with Gasteiger partial charge < -0.3 is 0 Å². The molecule has 0 saturated carbocycles. The summed E-state index contributed by atoms with van der Waals surface area (Å²) in [6, 6.07) is 4.62. The second kappa shape index (κ2) is 8.21. The third-order valence-electron chi connectivity index (χ3n) is 5.19. The van der Waals surface area contributed by atoms with Crippen molar-refractivity contribution in [1.82, 2.24) is 9.97 Å². The summed E-state index contributed by atoms with van der Waals surface area (Å²) in [6.45, 7) is 7.06. The number of rotatable bonds is 0. The van der Waals surface area contributed by atoms with Gasteiger partial charge >= 0.3 is 206 Å². The average molecular weight is 620 g/mol. The number of aromatic nitrogens is 2. The van der Waals surface area contributed by atoms with Crippen LogP contribution in [-0.4, -0.2) is 39.0 Å². The van der Waals surface area contributed by atoms with Crippen LogP contribution in [0.25, 0.3) is 57.2 Å². The molecule has 0 bridgehead atoms. The van der Waals surface area contributed by atoms with Gasteiger partial charge in [-0.15, -0.1) is 0 Å². The van der Waals surface area contributed by atoms with E-state index in [9.17, 15) is 4.39 Å². The zero-order valence-electron chi connectivity index (χ0n) is 16.8. The first-order valence-corrected chi connectivity index (χ1v) is 12.6. The first-order valence-electron chi connectivity index (χ1n) is 9.21. The third-order valence-corrected chi connectivity index (χ3v) is 9.69. The molecule has 0 fully saturated rings. The van der Waals surface area contributed by atoms with Crippen molar-refractivity contribution in [1.29, 1.82) is 15.8 Å². The van der Waals surface area contributed by atoms with Crippen molar-refractivity contribution in [3.63, 3.8) is 0 Å². The zero-order valence-corrected chi connectivity index (χ0v) is 20.2. The summed E-state index contributed by atoms with van der Waals surface area (Å²) in [5.74, 6) is -10.6. The minimum absolute atomic E-state index is 0.252. The van der Waals surface area contributed by atoms with Crippen molar-refractivity contribution in [2.24, 2.45) is 0 Å². The second-order valence-electron chi connectivity index (χ2n) is 6.95. The van der Waals surface area contributed by atoms with Crippen LogP contribution in [0.15, 0.2) is 0 Å². The molecule has 14 heteroatoms. The molecule has 0 aliphatic rings. The third kappa shape index (κ3) is 2.94. The summed E-state index contributed by atoms with van der Waals surface area (Å²) < 4.78 is 89.7. The first-order chi connectivity index (χ1) is 17.2. The predicted molar refractivity (Wildman–Crippen MR) is 115 cm³/mol. The quantitative estimate of drug-likeness (QED) is 0.115. The van der Waals surface area contributed by atoms with Crippen molar-refractivity contribution < 1.29 is 26.3 Å². The molecule has 5 rings (SSSR count). The van der Waals surface area contributed by atoms with Gasteiger partial charge in [-0.25, -0.2) is 0 Å². The molecule has 5 aromatic rings. The van der Waals surface area contributed by atoms with Gasteiger partial charge in [0.05, 0.1) is 0 Å². The molecule has 2 aromatic heterocycles. The van der Waals surface area contributed by atoms with E-state index in [1.54, 1.807) is 6.07 Å². The standard InChI is InChI=1S/C22F6N6Se2/c1-32-6(4-31)22-33-17-8-7-10(14(26)12(24)9(8)13(25)16(28)20(17)36-22)19-18(15(27)11(7)23)34-21(35-19)5(2-29)3-30/b22-6-. The number of benzene rings is 3. The van der Waals surface area contributed by atoms with Crippen LogP contribution >= 0.6 is 0 Å². The van der Waals surface area contributed by atoms with Gasteiger partial charge in [0, 0.05) is 0 Å². The normalized spacial score (nSPS) is 11.9. The van der Waals surface area contributed by atoms with Crippen molar-refractivity contribution in [2.45, 2.75) is 0 Å². The average Bonchev–Trinajstić information content (AvgIpc) is 3.50. The SMILES string of the molecule is [C-]#[N+]/C(C#N)=c1/nc2c([se]1)c(F)c(F)c1c(F)c(F)c3c4[se]c(=C(C#N)C#N)nc4c(F)c(F)c3c12. The Hall–Kier alpha value is -4.16. The van der Waals surface area contributed by atoms with E-state index in [0.717, 1.165) is 0 Å². The molecule has 0 saturated heterocycles. The van der Waals surface area contributed by atoms with Crippen molar-refractivity contribution in [2.75, 3.05) is 0 Å². The van der Waals surface area contributed by atoms with Crippen LogP contribution in [0, 0.1) is 75.5 Å². The van der Waals surface area contributed by atoms with Gasteiger partial charge in [-0.2, -0.15) is 0 Å². The predicted octanol–water partition coefficient (Wildman–Crippen LogP) is 2.79. The second-order valence-corrected chi connectivity index (χ2v) is 11.1. The van der Waals surface area contributed by atoms with E-state index < -0.39 is 112 Å². The first kappa shape index (κ1) is 23.6. The molecule has 0 aliphatic carbocycles. The van der Waals surface area contributed by atoms with E-state index in [1.807, 2.05) is 0 Å². The van der Waals surface area contributed by atoms with Gasteiger partial charge in [-0.05, 0) is 0 Å². The molecular formula is C22F6N6Se2. The number of hydrogen-bond acceptors (Lipinski definition) is 5. The van der Waals surface area contributed by atoms with Crippen molar-refractivity contribution in [3.05, 3.63) is 54.8 Å². The van der Waals surface area contributed by atoms with E-state index in [2.05, 4.69) is 14.8 Å². The van der Waals surface area contributed by atoms with E-state index >= 15 is 22.0 Å². The summed E-state index contributed by atoms with van der Waals surface area (Å²) in [4.78, 5) is 10.7. The Labute approximate surface area is 206 Å². The van der Waals surface area contributed by atoms with E-state index in [1.165, 1.54) is 12.1 Å². The van der Waals surface area contributed by atoms with E-state index in [0.29, 0.717) is 0 Å². The van der Waals surface area contributed by atoms with Gasteiger partial charge in [0.1, 0.15) is 0 Å². The fourth-order valence-electron chi connectivity index (χ4n) is 3.71. The molecule has 0 spiro atoms. The zero-order chi connectivity index (χ0) is 26.0. The molecule has 2 heterocycles. The van der Waals surface area contributed by atoms with Crippen LogP contribution in [0.1, 0.15) is 0 Å². The summed E-state index contributed by atoms with van der Waals surface area (Å²) in [6.07, 6.45) is 0. The Balaban J connectivity index is 2.22. The van der Waals surface area contributed by atoms with Crippen LogP contribution in [0.2, 0.25) is 0 Å². The fourth-order valence-corrected chi connectivity index (χ4v) is 7.89. The Kier molecular flexibility index (Phi) is 5.37. The van der Waals surface area contributed by atoms with Crippen LogP contribution in [0.4, 0.5) is 26.3 Å². The number of nitrogens with zero attached hydrogens (tertiary/aromatic N) is 6. The Morgan fingerprint density at radius 3 is 1.81 bits per heavy atom. The minimum atomic E-state index is -1.90. The van der Waals surface area contributed by atoms with Gasteiger partial charge in [0.15, 0.2) is 0 Å². The molecule has 0 radical (unpaired) electrons. The van der Waals surface area contributed by atoms with Crippen LogP contribution in [0.3, 0.4) is 0 Å². The van der Waals surface area contributed by atoms with Crippen molar-refractivity contribution >= 4 is 81.4 Å². The van der Waals surface area contributed by atoms with Crippen LogP contribution in [0.5, 0.6) is 0 Å². The molecule has 0 unspecified atom stereocenters. The molecule has 172 valence electrons. The summed E-state index contributed by atoms with van der Waals surface area (Å²) >= 11 is -2.52. The molecular weight excluding hydrogens is 620 g/mol. The summed E-state index contributed by atoms with van der Waals surface area (Å²) in [5.41, 5.74) is -2.39.